The molecule has 2 aliphatic heterocycles. The van der Waals surface area contributed by atoms with Crippen LogP contribution in [0, 0.1) is 43.4 Å². The summed E-state index contributed by atoms with van der Waals surface area (Å²) >= 11 is 0. The predicted molar refractivity (Wildman–Crippen MR) is 107 cm³/mol. The molecule has 2 aromatic rings. The van der Waals surface area contributed by atoms with Gasteiger partial charge in [-0.25, -0.2) is 0 Å². The fourth-order valence-electron chi connectivity index (χ4n) is 2.90. The topological polar surface area (TPSA) is 41.1 Å². The summed E-state index contributed by atoms with van der Waals surface area (Å²) in [6.45, 7) is 12.7. The second-order valence-electron chi connectivity index (χ2n) is 6.24. The van der Waals surface area contributed by atoms with E-state index in [2.05, 4.69) is 32.8 Å². The minimum Gasteiger partial charge on any atom is -0.507 e. The van der Waals surface area contributed by atoms with Crippen molar-refractivity contribution in [1.82, 2.24) is 9.80 Å². The van der Waals surface area contributed by atoms with Crippen molar-refractivity contribution < 1.29 is 21.1 Å². The molecule has 0 saturated heterocycles. The molecule has 0 aromatic heterocycles. The van der Waals surface area contributed by atoms with Crippen molar-refractivity contribution in [3.63, 3.8) is 0 Å². The number of benzene rings is 2. The van der Waals surface area contributed by atoms with Crippen molar-refractivity contribution in [2.45, 2.75) is 0 Å². The Bertz CT molecular complexity index is 921. The molecule has 0 aliphatic carbocycles. The molecule has 0 N–H and O–H groups in total. The molecule has 2 heterocycles. The summed E-state index contributed by atoms with van der Waals surface area (Å²) in [6.07, 6.45) is 7.91. The maximum Gasteiger partial charge on any atom is 4.00 e. The molecule has 6 nitrogen and oxygen atoms in total. The molecule has 0 saturated carbocycles. The Balaban J connectivity index is 0.00000240. The van der Waals surface area contributed by atoms with Crippen LogP contribution in [0.5, 0.6) is 0 Å². The standard InChI is InChI=1S/C22H16N6.Pt/c1-24-20-5-3-7-22(15-20)28-13-11-26(18-28)9-8-25-10-12-27(17-25)21-6-2-4-19(14-21)16-23;/h2-5,10-15,17-18H,8-9H2;/q-4;+4. The van der Waals surface area contributed by atoms with E-state index in [0.717, 1.165) is 24.5 Å². The fourth-order valence-corrected chi connectivity index (χ4v) is 2.90. The third-order valence-electron chi connectivity index (χ3n) is 4.37. The summed E-state index contributed by atoms with van der Waals surface area (Å²) < 4.78 is 0. The van der Waals surface area contributed by atoms with E-state index in [9.17, 15) is 0 Å². The van der Waals surface area contributed by atoms with Gasteiger partial charge in [0.25, 0.3) is 0 Å². The van der Waals surface area contributed by atoms with E-state index < -0.39 is 0 Å². The summed E-state index contributed by atoms with van der Waals surface area (Å²) in [5.74, 6) is 0. The predicted octanol–water partition coefficient (Wildman–Crippen LogP) is 3.83. The molecule has 144 valence electrons. The Labute approximate surface area is 185 Å². The van der Waals surface area contributed by atoms with Crippen LogP contribution in [0.15, 0.2) is 61.2 Å². The first kappa shape index (κ1) is 20.5. The summed E-state index contributed by atoms with van der Waals surface area (Å²) in [4.78, 5) is 11.5. The molecule has 2 aliphatic rings. The zero-order chi connectivity index (χ0) is 19.3. The first-order chi connectivity index (χ1) is 13.7. The van der Waals surface area contributed by atoms with Crippen LogP contribution < -0.4 is 9.80 Å². The van der Waals surface area contributed by atoms with Gasteiger partial charge in [-0.3, -0.25) is 4.85 Å². The average molecular weight is 559 g/mol. The average Bonchev–Trinajstić information content (AvgIpc) is 3.42. The van der Waals surface area contributed by atoms with Crippen LogP contribution in [0.25, 0.3) is 4.85 Å². The molecule has 0 atom stereocenters. The van der Waals surface area contributed by atoms with Gasteiger partial charge in [-0.05, 0) is 24.8 Å². The van der Waals surface area contributed by atoms with E-state index in [-0.39, 0.29) is 21.1 Å². The van der Waals surface area contributed by atoms with Crippen molar-refractivity contribution in [3.05, 3.63) is 104 Å². The minimum atomic E-state index is 0. The molecule has 0 radical (unpaired) electrons. The van der Waals surface area contributed by atoms with E-state index in [1.54, 1.807) is 24.3 Å². The molecular weight excluding hydrogens is 543 g/mol. The quantitative estimate of drug-likeness (QED) is 0.522. The zero-order valence-corrected chi connectivity index (χ0v) is 17.6. The van der Waals surface area contributed by atoms with E-state index in [1.165, 1.54) is 0 Å². The van der Waals surface area contributed by atoms with Gasteiger partial charge in [-0.15, -0.1) is 23.5 Å². The molecule has 29 heavy (non-hydrogen) atoms. The van der Waals surface area contributed by atoms with Crippen molar-refractivity contribution >= 4 is 17.1 Å². The summed E-state index contributed by atoms with van der Waals surface area (Å²) in [5.41, 5.74) is 2.90. The monoisotopic (exact) mass is 559 g/mol. The van der Waals surface area contributed by atoms with Gasteiger partial charge in [0.2, 0.25) is 0 Å². The van der Waals surface area contributed by atoms with Crippen LogP contribution in [-0.4, -0.2) is 22.9 Å². The molecule has 0 fully saturated rings. The van der Waals surface area contributed by atoms with Crippen molar-refractivity contribution in [1.29, 1.82) is 5.26 Å². The maximum absolute atomic E-state index is 9.04. The number of rotatable bonds is 5. The van der Waals surface area contributed by atoms with Crippen LogP contribution >= 0.6 is 0 Å². The Morgan fingerprint density at radius 1 is 0.931 bits per heavy atom. The molecule has 0 unspecified atom stereocenters. The Kier molecular flexibility index (Phi) is 6.60. The van der Waals surface area contributed by atoms with Gasteiger partial charge >= 0.3 is 21.1 Å². The van der Waals surface area contributed by atoms with Gasteiger partial charge in [-0.2, -0.15) is 55.0 Å². The van der Waals surface area contributed by atoms with Gasteiger partial charge in [0.05, 0.1) is 18.3 Å². The second-order valence-corrected chi connectivity index (χ2v) is 6.24. The molecule has 0 bridgehead atoms. The third-order valence-corrected chi connectivity index (χ3v) is 4.37. The van der Waals surface area contributed by atoms with Gasteiger partial charge in [0.1, 0.15) is 0 Å². The van der Waals surface area contributed by atoms with Gasteiger partial charge in [0.15, 0.2) is 0 Å². The SMILES string of the molecule is [C-]#[N+]c1cc[c-]c(N2C=CN(CCN3C=CN(c4[c-]ccc(C#N)c4)[CH-]3)[CH-]2)c1.[Pt+4]. The van der Waals surface area contributed by atoms with Crippen molar-refractivity contribution in [2.75, 3.05) is 22.9 Å². The number of hydrogen-bond acceptors (Lipinski definition) is 5. The Morgan fingerprint density at radius 3 is 2.10 bits per heavy atom. The van der Waals surface area contributed by atoms with Gasteiger partial charge in [-0.1, -0.05) is 5.56 Å². The van der Waals surface area contributed by atoms with Crippen LogP contribution in [-0.2, 0) is 21.1 Å². The number of nitriles is 1. The summed E-state index contributed by atoms with van der Waals surface area (Å²) in [5, 5.41) is 9.04. The van der Waals surface area contributed by atoms with Crippen LogP contribution in [0.1, 0.15) is 5.56 Å². The zero-order valence-electron chi connectivity index (χ0n) is 15.3. The molecule has 4 rings (SSSR count). The Morgan fingerprint density at radius 2 is 1.52 bits per heavy atom. The first-order valence-corrected chi connectivity index (χ1v) is 8.71. The van der Waals surface area contributed by atoms with Crippen molar-refractivity contribution in [3.8, 4) is 6.07 Å². The summed E-state index contributed by atoms with van der Waals surface area (Å²) in [6, 6.07) is 19.1. The largest absolute Gasteiger partial charge is 4.00 e. The van der Waals surface area contributed by atoms with Crippen molar-refractivity contribution in [2.24, 2.45) is 0 Å². The molecule has 2 aromatic carbocycles. The van der Waals surface area contributed by atoms with Gasteiger partial charge < -0.3 is 19.6 Å². The van der Waals surface area contributed by atoms with Crippen LogP contribution in [0.4, 0.5) is 17.1 Å². The summed E-state index contributed by atoms with van der Waals surface area (Å²) in [7, 11) is 0. The fraction of sp³-hybridized carbons (Fsp3) is 0.0909. The van der Waals surface area contributed by atoms with E-state index >= 15 is 0 Å². The maximum atomic E-state index is 9.04. The first-order valence-electron chi connectivity index (χ1n) is 8.71. The molecule has 7 heteroatoms. The minimum absolute atomic E-state index is 0. The number of nitrogens with zero attached hydrogens (tertiary/aromatic N) is 6. The van der Waals surface area contributed by atoms with Crippen LogP contribution in [0.3, 0.4) is 0 Å². The molecule has 0 amide bonds. The smallest absolute Gasteiger partial charge is 0.507 e. The Hall–Kier alpha value is -3.21. The normalized spacial score (nSPS) is 14.7. The van der Waals surface area contributed by atoms with Gasteiger partial charge in [0, 0.05) is 13.1 Å². The molecule has 0 spiro atoms. The van der Waals surface area contributed by atoms with E-state index in [0.29, 0.717) is 11.3 Å². The third kappa shape index (κ3) is 4.80. The number of hydrogen-bond donors (Lipinski definition) is 0. The second kappa shape index (κ2) is 9.32. The number of anilines is 2. The molecular formula is C22H16N6Pt. The van der Waals surface area contributed by atoms with Crippen LogP contribution in [0.2, 0.25) is 0 Å². The van der Waals surface area contributed by atoms with E-state index in [4.69, 9.17) is 11.8 Å². The van der Waals surface area contributed by atoms with E-state index in [1.807, 2.05) is 60.1 Å².